The SMILES string of the molecule is COC(=O)C(N)COc1ncncc1Cl. The summed E-state index contributed by atoms with van der Waals surface area (Å²) in [5.74, 6) is -0.369. The summed E-state index contributed by atoms with van der Waals surface area (Å²) in [6.45, 7) is -0.0522. The van der Waals surface area contributed by atoms with Crippen molar-refractivity contribution in [3.63, 3.8) is 0 Å². The van der Waals surface area contributed by atoms with E-state index in [4.69, 9.17) is 22.1 Å². The molecule has 1 atom stereocenters. The maximum absolute atomic E-state index is 10.9. The van der Waals surface area contributed by atoms with Crippen LogP contribution in [0.4, 0.5) is 0 Å². The zero-order valence-corrected chi connectivity index (χ0v) is 8.77. The zero-order chi connectivity index (χ0) is 11.3. The topological polar surface area (TPSA) is 87.3 Å². The second-order valence-corrected chi connectivity index (χ2v) is 3.02. The second-order valence-electron chi connectivity index (χ2n) is 2.62. The van der Waals surface area contributed by atoms with E-state index in [2.05, 4.69) is 14.7 Å². The standard InChI is InChI=1S/C8H10ClN3O3/c1-14-8(13)6(10)3-15-7-5(9)2-11-4-12-7/h2,4,6H,3,10H2,1H3. The molecule has 82 valence electrons. The lowest BCUT2D eigenvalue weighted by Crippen LogP contribution is -2.37. The molecule has 0 fully saturated rings. The number of aromatic nitrogens is 2. The van der Waals surface area contributed by atoms with Crippen LogP contribution in [0.3, 0.4) is 0 Å². The van der Waals surface area contributed by atoms with Crippen molar-refractivity contribution >= 4 is 17.6 Å². The fraction of sp³-hybridized carbons (Fsp3) is 0.375. The van der Waals surface area contributed by atoms with Gasteiger partial charge in [-0.25, -0.2) is 9.97 Å². The fourth-order valence-electron chi connectivity index (χ4n) is 0.796. The van der Waals surface area contributed by atoms with Gasteiger partial charge in [0.1, 0.15) is 24.0 Å². The van der Waals surface area contributed by atoms with E-state index in [0.29, 0.717) is 0 Å². The van der Waals surface area contributed by atoms with Crippen LogP contribution in [0.2, 0.25) is 5.02 Å². The summed E-state index contributed by atoms with van der Waals surface area (Å²) in [6, 6.07) is -0.860. The van der Waals surface area contributed by atoms with Crippen molar-refractivity contribution in [3.05, 3.63) is 17.5 Å². The Morgan fingerprint density at radius 2 is 2.47 bits per heavy atom. The van der Waals surface area contributed by atoms with E-state index in [1.165, 1.54) is 19.6 Å². The van der Waals surface area contributed by atoms with Crippen LogP contribution in [0.15, 0.2) is 12.5 Å². The molecular formula is C8H10ClN3O3. The number of carbonyl (C=O) groups excluding carboxylic acids is 1. The Morgan fingerprint density at radius 3 is 3.07 bits per heavy atom. The van der Waals surface area contributed by atoms with Crippen molar-refractivity contribution in [1.82, 2.24) is 9.97 Å². The quantitative estimate of drug-likeness (QED) is 0.735. The largest absolute Gasteiger partial charge is 0.474 e. The molecule has 0 radical (unpaired) electrons. The third kappa shape index (κ3) is 3.34. The van der Waals surface area contributed by atoms with E-state index in [1.54, 1.807) is 0 Å². The van der Waals surface area contributed by atoms with Crippen molar-refractivity contribution in [3.8, 4) is 5.88 Å². The van der Waals surface area contributed by atoms with E-state index in [9.17, 15) is 4.79 Å². The van der Waals surface area contributed by atoms with Gasteiger partial charge < -0.3 is 15.2 Å². The fourth-order valence-corrected chi connectivity index (χ4v) is 0.955. The maximum Gasteiger partial charge on any atom is 0.326 e. The molecule has 1 unspecified atom stereocenters. The first-order chi connectivity index (χ1) is 7.15. The van der Waals surface area contributed by atoms with Gasteiger partial charge in [-0.2, -0.15) is 0 Å². The highest BCUT2D eigenvalue weighted by molar-refractivity contribution is 6.31. The van der Waals surface area contributed by atoms with Crippen LogP contribution in [0, 0.1) is 0 Å². The molecule has 7 heteroatoms. The molecule has 6 nitrogen and oxygen atoms in total. The molecule has 1 aromatic rings. The van der Waals surface area contributed by atoms with Crippen LogP contribution in [-0.2, 0) is 9.53 Å². The molecule has 15 heavy (non-hydrogen) atoms. The third-order valence-electron chi connectivity index (χ3n) is 1.54. The lowest BCUT2D eigenvalue weighted by molar-refractivity contribution is -0.142. The minimum absolute atomic E-state index is 0.0522. The van der Waals surface area contributed by atoms with E-state index in [-0.39, 0.29) is 17.5 Å². The molecule has 0 aliphatic carbocycles. The predicted octanol–water partition coefficient (Wildman–Crippen LogP) is 0.00910. The average Bonchev–Trinajstić information content (AvgIpc) is 2.26. The first-order valence-corrected chi connectivity index (χ1v) is 4.44. The molecule has 1 rings (SSSR count). The first kappa shape index (κ1) is 11.7. The molecule has 0 amide bonds. The van der Waals surface area contributed by atoms with Gasteiger partial charge >= 0.3 is 5.97 Å². The maximum atomic E-state index is 10.9. The number of rotatable bonds is 4. The van der Waals surface area contributed by atoms with Gasteiger partial charge in [0.25, 0.3) is 0 Å². The van der Waals surface area contributed by atoms with Gasteiger partial charge in [0.05, 0.1) is 13.3 Å². The second kappa shape index (κ2) is 5.47. The Kier molecular flexibility index (Phi) is 4.26. The molecule has 2 N–H and O–H groups in total. The summed E-state index contributed by atoms with van der Waals surface area (Å²) in [5, 5.41) is 0.259. The van der Waals surface area contributed by atoms with Crippen LogP contribution >= 0.6 is 11.6 Å². The minimum Gasteiger partial charge on any atom is -0.474 e. The first-order valence-electron chi connectivity index (χ1n) is 4.07. The Hall–Kier alpha value is -1.40. The Labute approximate surface area is 91.4 Å². The van der Waals surface area contributed by atoms with Crippen LogP contribution in [-0.4, -0.2) is 35.7 Å². The number of nitrogens with two attached hydrogens (primary N) is 1. The van der Waals surface area contributed by atoms with Crippen LogP contribution in [0.5, 0.6) is 5.88 Å². The van der Waals surface area contributed by atoms with Crippen molar-refractivity contribution in [2.24, 2.45) is 5.73 Å². The van der Waals surface area contributed by atoms with Gasteiger partial charge in [-0.3, -0.25) is 4.79 Å². The van der Waals surface area contributed by atoms with Crippen LogP contribution < -0.4 is 10.5 Å². The highest BCUT2D eigenvalue weighted by Crippen LogP contribution is 2.18. The Bertz CT molecular complexity index is 348. The molecule has 0 aromatic carbocycles. The molecule has 0 aliphatic heterocycles. The zero-order valence-electron chi connectivity index (χ0n) is 8.01. The van der Waals surface area contributed by atoms with E-state index >= 15 is 0 Å². The van der Waals surface area contributed by atoms with Gasteiger partial charge in [-0.1, -0.05) is 11.6 Å². The molecule has 1 heterocycles. The number of nitrogens with zero attached hydrogens (tertiary/aromatic N) is 2. The predicted molar refractivity (Wildman–Crippen MR) is 52.5 cm³/mol. The number of methoxy groups -OCH3 is 1. The molecule has 0 aliphatic rings. The highest BCUT2D eigenvalue weighted by atomic mass is 35.5. The average molecular weight is 232 g/mol. The van der Waals surface area contributed by atoms with E-state index < -0.39 is 12.0 Å². The minimum atomic E-state index is -0.860. The number of hydrogen-bond acceptors (Lipinski definition) is 6. The third-order valence-corrected chi connectivity index (χ3v) is 1.80. The smallest absolute Gasteiger partial charge is 0.326 e. The number of ether oxygens (including phenoxy) is 2. The summed E-state index contributed by atoms with van der Waals surface area (Å²) in [7, 11) is 1.25. The lowest BCUT2D eigenvalue weighted by Gasteiger charge is -2.10. The van der Waals surface area contributed by atoms with Gasteiger partial charge in [0.15, 0.2) is 0 Å². The normalized spacial score (nSPS) is 11.9. The Balaban J connectivity index is 2.50. The summed E-state index contributed by atoms with van der Waals surface area (Å²) in [5.41, 5.74) is 5.44. The summed E-state index contributed by atoms with van der Waals surface area (Å²) in [6.07, 6.45) is 2.67. The number of esters is 1. The summed E-state index contributed by atoms with van der Waals surface area (Å²) < 4.78 is 9.53. The van der Waals surface area contributed by atoms with Gasteiger partial charge in [-0.05, 0) is 0 Å². The highest BCUT2D eigenvalue weighted by Gasteiger charge is 2.15. The summed E-state index contributed by atoms with van der Waals surface area (Å²) in [4.78, 5) is 18.4. The van der Waals surface area contributed by atoms with E-state index in [0.717, 1.165) is 0 Å². The molecule has 1 aromatic heterocycles. The molecule has 0 saturated heterocycles. The number of halogens is 1. The van der Waals surface area contributed by atoms with Crippen molar-refractivity contribution in [2.45, 2.75) is 6.04 Å². The number of carbonyl (C=O) groups is 1. The van der Waals surface area contributed by atoms with E-state index in [1.807, 2.05) is 0 Å². The number of hydrogen-bond donors (Lipinski definition) is 1. The molecular weight excluding hydrogens is 222 g/mol. The lowest BCUT2D eigenvalue weighted by atomic mass is 10.3. The van der Waals surface area contributed by atoms with Crippen molar-refractivity contribution in [1.29, 1.82) is 0 Å². The van der Waals surface area contributed by atoms with Crippen LogP contribution in [0.25, 0.3) is 0 Å². The van der Waals surface area contributed by atoms with Gasteiger partial charge in [0.2, 0.25) is 5.88 Å². The van der Waals surface area contributed by atoms with Gasteiger partial charge in [0, 0.05) is 0 Å². The monoisotopic (exact) mass is 231 g/mol. The van der Waals surface area contributed by atoms with Crippen molar-refractivity contribution < 1.29 is 14.3 Å². The van der Waals surface area contributed by atoms with Gasteiger partial charge in [-0.15, -0.1) is 0 Å². The van der Waals surface area contributed by atoms with Crippen molar-refractivity contribution in [2.75, 3.05) is 13.7 Å². The molecule has 0 bridgehead atoms. The molecule has 0 spiro atoms. The van der Waals surface area contributed by atoms with Crippen LogP contribution in [0.1, 0.15) is 0 Å². The Morgan fingerprint density at radius 1 is 1.73 bits per heavy atom. The molecule has 0 saturated carbocycles. The summed E-state index contributed by atoms with van der Waals surface area (Å²) >= 11 is 5.71.